The highest BCUT2D eigenvalue weighted by atomic mass is 79.9. The van der Waals surface area contributed by atoms with Gasteiger partial charge in [0.1, 0.15) is 0 Å². The van der Waals surface area contributed by atoms with E-state index in [0.717, 1.165) is 11.0 Å². The first kappa shape index (κ1) is 11.2. The second-order valence-electron chi connectivity index (χ2n) is 5.01. The van der Waals surface area contributed by atoms with E-state index in [1.807, 2.05) is 0 Å². The van der Waals surface area contributed by atoms with Gasteiger partial charge in [0.2, 0.25) is 0 Å². The highest BCUT2D eigenvalue weighted by Crippen LogP contribution is 2.43. The van der Waals surface area contributed by atoms with E-state index in [-0.39, 0.29) is 5.41 Å². The second kappa shape index (κ2) is 4.11. The van der Waals surface area contributed by atoms with Crippen LogP contribution in [0, 0.1) is 0 Å². The summed E-state index contributed by atoms with van der Waals surface area (Å²) in [6.07, 6.45) is 3.79. The van der Waals surface area contributed by atoms with Crippen LogP contribution in [-0.2, 0) is 5.41 Å². The van der Waals surface area contributed by atoms with Gasteiger partial charge >= 0.3 is 0 Å². The molecule has 0 atom stereocenters. The van der Waals surface area contributed by atoms with Crippen LogP contribution in [0.25, 0.3) is 10.8 Å². The van der Waals surface area contributed by atoms with Gasteiger partial charge in [-0.1, -0.05) is 52.7 Å². The van der Waals surface area contributed by atoms with E-state index in [2.05, 4.69) is 52.3 Å². The van der Waals surface area contributed by atoms with Crippen molar-refractivity contribution in [1.29, 1.82) is 0 Å². The Morgan fingerprint density at radius 2 is 2.00 bits per heavy atom. The van der Waals surface area contributed by atoms with Crippen LogP contribution >= 0.6 is 15.9 Å². The van der Waals surface area contributed by atoms with Crippen LogP contribution < -0.4 is 5.73 Å². The lowest BCUT2D eigenvalue weighted by Gasteiger charge is -2.41. The number of halogens is 1. The maximum Gasteiger partial charge on any atom is 0.0253 e. The number of benzene rings is 2. The standard InChI is InChI=1S/C15H16BrN/c16-14-4-1-3-11-9-12(5-6-13(11)14)15(10-17)7-2-8-15/h1,3-6,9H,2,7-8,10,17H2. The van der Waals surface area contributed by atoms with Gasteiger partial charge in [0.25, 0.3) is 0 Å². The van der Waals surface area contributed by atoms with Crippen LogP contribution in [0.2, 0.25) is 0 Å². The van der Waals surface area contributed by atoms with Gasteiger partial charge in [-0.2, -0.15) is 0 Å². The summed E-state index contributed by atoms with van der Waals surface area (Å²) < 4.78 is 1.16. The summed E-state index contributed by atoms with van der Waals surface area (Å²) in [6, 6.07) is 13.1. The maximum absolute atomic E-state index is 5.97. The van der Waals surface area contributed by atoms with Crippen LogP contribution in [-0.4, -0.2) is 6.54 Å². The van der Waals surface area contributed by atoms with E-state index in [4.69, 9.17) is 5.73 Å². The quantitative estimate of drug-likeness (QED) is 0.889. The molecule has 0 aliphatic heterocycles. The van der Waals surface area contributed by atoms with Crippen molar-refractivity contribution in [3.05, 3.63) is 46.4 Å². The summed E-state index contributed by atoms with van der Waals surface area (Å²) >= 11 is 3.60. The molecule has 1 aliphatic carbocycles. The molecule has 1 saturated carbocycles. The van der Waals surface area contributed by atoms with Crippen molar-refractivity contribution in [3.63, 3.8) is 0 Å². The minimum atomic E-state index is 0.260. The first-order chi connectivity index (χ1) is 8.25. The van der Waals surface area contributed by atoms with Crippen LogP contribution in [0.4, 0.5) is 0 Å². The Hall–Kier alpha value is -0.860. The number of fused-ring (bicyclic) bond motifs is 1. The van der Waals surface area contributed by atoms with Gasteiger partial charge in [-0.05, 0) is 35.2 Å². The predicted octanol–water partition coefficient (Wildman–Crippen LogP) is 3.98. The summed E-state index contributed by atoms with van der Waals surface area (Å²) in [7, 11) is 0. The fourth-order valence-corrected chi connectivity index (χ4v) is 3.30. The number of nitrogens with two attached hydrogens (primary N) is 1. The Morgan fingerprint density at radius 1 is 1.18 bits per heavy atom. The van der Waals surface area contributed by atoms with Crippen molar-refractivity contribution in [2.24, 2.45) is 5.73 Å². The summed E-state index contributed by atoms with van der Waals surface area (Å²) in [5.74, 6) is 0. The fourth-order valence-electron chi connectivity index (χ4n) is 2.79. The lowest BCUT2D eigenvalue weighted by Crippen LogP contribution is -2.41. The van der Waals surface area contributed by atoms with Gasteiger partial charge in [-0.25, -0.2) is 0 Å². The molecule has 0 aromatic heterocycles. The Balaban J connectivity index is 2.14. The summed E-state index contributed by atoms with van der Waals surface area (Å²) in [6.45, 7) is 0.770. The Kier molecular flexibility index (Phi) is 2.72. The molecule has 2 aromatic carbocycles. The fraction of sp³-hybridized carbons (Fsp3) is 0.333. The number of rotatable bonds is 2. The first-order valence-electron chi connectivity index (χ1n) is 6.14. The van der Waals surface area contributed by atoms with Crippen LogP contribution in [0.5, 0.6) is 0 Å². The molecule has 0 heterocycles. The topological polar surface area (TPSA) is 26.0 Å². The maximum atomic E-state index is 5.97. The third-order valence-electron chi connectivity index (χ3n) is 4.14. The first-order valence-corrected chi connectivity index (χ1v) is 6.93. The van der Waals surface area contributed by atoms with E-state index in [9.17, 15) is 0 Å². The molecule has 2 heteroatoms. The zero-order chi connectivity index (χ0) is 11.9. The third kappa shape index (κ3) is 1.71. The number of hydrogen-bond acceptors (Lipinski definition) is 1. The van der Waals surface area contributed by atoms with Crippen molar-refractivity contribution >= 4 is 26.7 Å². The van der Waals surface area contributed by atoms with Gasteiger partial charge in [-0.3, -0.25) is 0 Å². The highest BCUT2D eigenvalue weighted by molar-refractivity contribution is 9.10. The lowest BCUT2D eigenvalue weighted by molar-refractivity contribution is 0.253. The Labute approximate surface area is 110 Å². The molecule has 17 heavy (non-hydrogen) atoms. The average Bonchev–Trinajstić information content (AvgIpc) is 2.28. The lowest BCUT2D eigenvalue weighted by atomic mass is 9.64. The highest BCUT2D eigenvalue weighted by Gasteiger charge is 2.37. The summed E-state index contributed by atoms with van der Waals surface area (Å²) in [5, 5.41) is 2.58. The van der Waals surface area contributed by atoms with E-state index >= 15 is 0 Å². The minimum Gasteiger partial charge on any atom is -0.330 e. The molecular formula is C15H16BrN. The molecule has 1 fully saturated rings. The van der Waals surface area contributed by atoms with E-state index < -0.39 is 0 Å². The normalized spacial score (nSPS) is 18.0. The third-order valence-corrected chi connectivity index (χ3v) is 4.83. The van der Waals surface area contributed by atoms with Gasteiger partial charge in [0.05, 0.1) is 0 Å². The van der Waals surface area contributed by atoms with Crippen molar-refractivity contribution in [1.82, 2.24) is 0 Å². The molecule has 0 radical (unpaired) electrons. The largest absolute Gasteiger partial charge is 0.330 e. The molecule has 0 unspecified atom stereocenters. The zero-order valence-corrected chi connectivity index (χ0v) is 11.3. The van der Waals surface area contributed by atoms with E-state index in [1.165, 1.54) is 35.6 Å². The molecule has 88 valence electrons. The van der Waals surface area contributed by atoms with Crippen molar-refractivity contribution in [2.75, 3.05) is 6.54 Å². The summed E-state index contributed by atoms with van der Waals surface area (Å²) in [5.41, 5.74) is 7.64. The molecule has 1 nitrogen and oxygen atoms in total. The smallest absolute Gasteiger partial charge is 0.0253 e. The van der Waals surface area contributed by atoms with Crippen molar-refractivity contribution in [2.45, 2.75) is 24.7 Å². The molecule has 2 N–H and O–H groups in total. The zero-order valence-electron chi connectivity index (χ0n) is 9.75. The van der Waals surface area contributed by atoms with Crippen LogP contribution in [0.3, 0.4) is 0 Å². The van der Waals surface area contributed by atoms with Gasteiger partial charge in [0, 0.05) is 16.4 Å². The predicted molar refractivity (Wildman–Crippen MR) is 76.2 cm³/mol. The monoisotopic (exact) mass is 289 g/mol. The van der Waals surface area contributed by atoms with Crippen LogP contribution in [0.15, 0.2) is 40.9 Å². The second-order valence-corrected chi connectivity index (χ2v) is 5.87. The van der Waals surface area contributed by atoms with E-state index in [1.54, 1.807) is 0 Å². The summed E-state index contributed by atoms with van der Waals surface area (Å²) in [4.78, 5) is 0. The van der Waals surface area contributed by atoms with Gasteiger partial charge in [-0.15, -0.1) is 0 Å². The Bertz CT molecular complexity index is 552. The molecular weight excluding hydrogens is 274 g/mol. The molecule has 2 aromatic rings. The van der Waals surface area contributed by atoms with Crippen LogP contribution in [0.1, 0.15) is 24.8 Å². The Morgan fingerprint density at radius 3 is 2.65 bits per heavy atom. The van der Waals surface area contributed by atoms with Gasteiger partial charge in [0.15, 0.2) is 0 Å². The molecule has 1 aliphatic rings. The molecule has 0 bridgehead atoms. The van der Waals surface area contributed by atoms with Gasteiger partial charge < -0.3 is 5.73 Å². The molecule has 0 spiro atoms. The molecule has 0 saturated heterocycles. The molecule has 3 rings (SSSR count). The number of hydrogen-bond donors (Lipinski definition) is 1. The van der Waals surface area contributed by atoms with Crippen molar-refractivity contribution in [3.8, 4) is 0 Å². The van der Waals surface area contributed by atoms with E-state index in [0.29, 0.717) is 0 Å². The molecule has 0 amide bonds. The SMILES string of the molecule is NCC1(c2ccc3c(Br)cccc3c2)CCC1. The average molecular weight is 290 g/mol. The van der Waals surface area contributed by atoms with Crippen molar-refractivity contribution < 1.29 is 0 Å². The minimum absolute atomic E-state index is 0.260.